The van der Waals surface area contributed by atoms with Crippen molar-refractivity contribution in [1.82, 2.24) is 10.6 Å². The van der Waals surface area contributed by atoms with E-state index >= 15 is 0 Å². The molecule has 1 aliphatic heterocycles. The van der Waals surface area contributed by atoms with E-state index in [1.54, 1.807) is 0 Å². The molecule has 116 valence electrons. The highest BCUT2D eigenvalue weighted by molar-refractivity contribution is 7.99. The van der Waals surface area contributed by atoms with Gasteiger partial charge in [0.05, 0.1) is 0 Å². The molecule has 3 nitrogen and oxygen atoms in total. The van der Waals surface area contributed by atoms with Crippen LogP contribution in [-0.4, -0.2) is 36.5 Å². The molecule has 0 bridgehead atoms. The van der Waals surface area contributed by atoms with E-state index in [-0.39, 0.29) is 5.91 Å². The molecule has 2 rings (SSSR count). The Morgan fingerprint density at radius 3 is 2.67 bits per heavy atom. The summed E-state index contributed by atoms with van der Waals surface area (Å²) in [4.78, 5) is 12.0. The minimum Gasteiger partial charge on any atom is -0.351 e. The first-order valence-electron chi connectivity index (χ1n) is 7.62. The molecule has 1 atom stereocenters. The Morgan fingerprint density at radius 1 is 1.29 bits per heavy atom. The molecule has 1 fully saturated rings. The second kappa shape index (κ2) is 7.32. The Bertz CT molecular complexity index is 470. The third-order valence-electron chi connectivity index (χ3n) is 3.77. The highest BCUT2D eigenvalue weighted by atomic mass is 32.2. The molecule has 1 aromatic rings. The second-order valence-corrected chi connectivity index (χ2v) is 7.69. The number of amides is 1. The van der Waals surface area contributed by atoms with Crippen LogP contribution in [0.5, 0.6) is 0 Å². The molecule has 21 heavy (non-hydrogen) atoms. The Hall–Kier alpha value is -1.00. The van der Waals surface area contributed by atoms with Crippen LogP contribution in [0, 0.1) is 12.3 Å². The monoisotopic (exact) mass is 306 g/mol. The number of benzene rings is 1. The molecule has 0 spiro atoms. The molecule has 2 N–H and O–H groups in total. The van der Waals surface area contributed by atoms with Crippen LogP contribution in [0.15, 0.2) is 24.3 Å². The van der Waals surface area contributed by atoms with Crippen LogP contribution in [-0.2, 0) is 0 Å². The molecule has 1 heterocycles. The zero-order chi connectivity index (χ0) is 15.3. The van der Waals surface area contributed by atoms with Crippen LogP contribution in [0.25, 0.3) is 0 Å². The van der Waals surface area contributed by atoms with Crippen LogP contribution in [0.4, 0.5) is 0 Å². The van der Waals surface area contributed by atoms with E-state index in [0.29, 0.717) is 18.0 Å². The minimum atomic E-state index is 0.00940. The van der Waals surface area contributed by atoms with Crippen molar-refractivity contribution in [3.8, 4) is 0 Å². The summed E-state index contributed by atoms with van der Waals surface area (Å²) in [5.41, 5.74) is 2.33. The average molecular weight is 306 g/mol. The Morgan fingerprint density at radius 2 is 2.00 bits per heavy atom. The summed E-state index contributed by atoms with van der Waals surface area (Å²) in [6.45, 7) is 8.18. The SMILES string of the molecule is Cc1ccc(C(=O)NCCNC2CSCC(C)(C)C2)cc1. The lowest BCUT2D eigenvalue weighted by atomic mass is 9.88. The average Bonchev–Trinajstić information content (AvgIpc) is 2.43. The maximum Gasteiger partial charge on any atom is 0.251 e. The predicted molar refractivity (Wildman–Crippen MR) is 91.0 cm³/mol. The first-order chi connectivity index (χ1) is 9.96. The van der Waals surface area contributed by atoms with Gasteiger partial charge in [0, 0.05) is 30.4 Å². The highest BCUT2D eigenvalue weighted by Gasteiger charge is 2.27. The molecule has 0 radical (unpaired) electrons. The van der Waals surface area contributed by atoms with E-state index in [9.17, 15) is 4.79 Å². The van der Waals surface area contributed by atoms with E-state index in [2.05, 4.69) is 24.5 Å². The van der Waals surface area contributed by atoms with Crippen molar-refractivity contribution in [3.63, 3.8) is 0 Å². The van der Waals surface area contributed by atoms with Gasteiger partial charge in [0.15, 0.2) is 0 Å². The number of thioether (sulfide) groups is 1. The van der Waals surface area contributed by atoms with Crippen molar-refractivity contribution in [3.05, 3.63) is 35.4 Å². The Kier molecular flexibility index (Phi) is 5.71. The third kappa shape index (κ3) is 5.36. The number of aryl methyl sites for hydroxylation is 1. The molecule has 1 amide bonds. The summed E-state index contributed by atoms with van der Waals surface area (Å²) in [6, 6.07) is 8.25. The summed E-state index contributed by atoms with van der Waals surface area (Å²) < 4.78 is 0. The standard InChI is InChI=1S/C17H26N2OS/c1-13-4-6-14(7-5-13)16(20)19-9-8-18-15-10-17(2,3)12-21-11-15/h4-7,15,18H,8-12H2,1-3H3,(H,19,20). The van der Waals surface area contributed by atoms with Crippen molar-refractivity contribution >= 4 is 17.7 Å². The van der Waals surface area contributed by atoms with Gasteiger partial charge >= 0.3 is 0 Å². The summed E-state index contributed by atoms with van der Waals surface area (Å²) in [5.74, 6) is 2.43. The number of rotatable bonds is 5. The summed E-state index contributed by atoms with van der Waals surface area (Å²) in [6.07, 6.45) is 1.21. The van der Waals surface area contributed by atoms with Crippen LogP contribution in [0.2, 0.25) is 0 Å². The normalized spacial score (nSPS) is 21.0. The molecule has 1 aromatic carbocycles. The van der Waals surface area contributed by atoms with Crippen molar-refractivity contribution in [2.24, 2.45) is 5.41 Å². The van der Waals surface area contributed by atoms with Gasteiger partial charge in [-0.3, -0.25) is 4.79 Å². The summed E-state index contributed by atoms with van der Waals surface area (Å²) >= 11 is 2.02. The van der Waals surface area contributed by atoms with Crippen LogP contribution in [0.3, 0.4) is 0 Å². The van der Waals surface area contributed by atoms with E-state index in [1.165, 1.54) is 23.5 Å². The lowest BCUT2D eigenvalue weighted by molar-refractivity contribution is 0.0953. The van der Waals surface area contributed by atoms with Crippen molar-refractivity contribution in [1.29, 1.82) is 0 Å². The van der Waals surface area contributed by atoms with Crippen LogP contribution >= 0.6 is 11.8 Å². The fraction of sp³-hybridized carbons (Fsp3) is 0.588. The highest BCUT2D eigenvalue weighted by Crippen LogP contribution is 2.33. The molecule has 1 unspecified atom stereocenters. The molecule has 0 saturated carbocycles. The fourth-order valence-corrected chi connectivity index (χ4v) is 3.96. The number of hydrogen-bond donors (Lipinski definition) is 2. The lowest BCUT2D eigenvalue weighted by Gasteiger charge is -2.35. The van der Waals surface area contributed by atoms with Gasteiger partial charge in [-0.1, -0.05) is 31.5 Å². The topological polar surface area (TPSA) is 41.1 Å². The number of carbonyl (C=O) groups is 1. The zero-order valence-electron chi connectivity index (χ0n) is 13.2. The van der Waals surface area contributed by atoms with Crippen molar-refractivity contribution in [2.75, 3.05) is 24.6 Å². The van der Waals surface area contributed by atoms with E-state index in [4.69, 9.17) is 0 Å². The summed E-state index contributed by atoms with van der Waals surface area (Å²) in [5, 5.41) is 6.53. The van der Waals surface area contributed by atoms with Gasteiger partial charge in [0.2, 0.25) is 0 Å². The quantitative estimate of drug-likeness (QED) is 0.822. The van der Waals surface area contributed by atoms with Crippen LogP contribution < -0.4 is 10.6 Å². The smallest absolute Gasteiger partial charge is 0.251 e. The zero-order valence-corrected chi connectivity index (χ0v) is 14.1. The second-order valence-electron chi connectivity index (χ2n) is 6.66. The van der Waals surface area contributed by atoms with Gasteiger partial charge in [-0.2, -0.15) is 11.8 Å². The van der Waals surface area contributed by atoms with E-state index < -0.39 is 0 Å². The van der Waals surface area contributed by atoms with Gasteiger partial charge in [0.25, 0.3) is 5.91 Å². The van der Waals surface area contributed by atoms with E-state index in [0.717, 1.165) is 12.1 Å². The first-order valence-corrected chi connectivity index (χ1v) is 8.78. The molecular weight excluding hydrogens is 280 g/mol. The molecular formula is C17H26N2OS. The fourth-order valence-electron chi connectivity index (χ4n) is 2.65. The maximum atomic E-state index is 12.0. The van der Waals surface area contributed by atoms with Gasteiger partial charge in [-0.05, 0) is 36.6 Å². The molecule has 1 aliphatic rings. The van der Waals surface area contributed by atoms with Gasteiger partial charge in [0.1, 0.15) is 0 Å². The lowest BCUT2D eigenvalue weighted by Crippen LogP contribution is -2.43. The molecule has 0 aliphatic carbocycles. The number of hydrogen-bond acceptors (Lipinski definition) is 3. The predicted octanol–water partition coefficient (Wildman–Crippen LogP) is 2.85. The third-order valence-corrected chi connectivity index (χ3v) is 5.39. The van der Waals surface area contributed by atoms with Gasteiger partial charge in [-0.15, -0.1) is 0 Å². The summed E-state index contributed by atoms with van der Waals surface area (Å²) in [7, 11) is 0. The minimum absolute atomic E-state index is 0.00940. The number of nitrogens with one attached hydrogen (secondary N) is 2. The Labute approximate surface area is 132 Å². The molecule has 0 aromatic heterocycles. The van der Waals surface area contributed by atoms with Gasteiger partial charge in [-0.25, -0.2) is 0 Å². The largest absolute Gasteiger partial charge is 0.351 e. The Balaban J connectivity index is 1.67. The number of carbonyl (C=O) groups excluding carboxylic acids is 1. The molecule has 1 saturated heterocycles. The van der Waals surface area contributed by atoms with E-state index in [1.807, 2.05) is 43.0 Å². The van der Waals surface area contributed by atoms with Crippen molar-refractivity contribution in [2.45, 2.75) is 33.2 Å². The van der Waals surface area contributed by atoms with Crippen molar-refractivity contribution < 1.29 is 4.79 Å². The first kappa shape index (κ1) is 16.4. The van der Waals surface area contributed by atoms with Gasteiger partial charge < -0.3 is 10.6 Å². The van der Waals surface area contributed by atoms with Crippen LogP contribution in [0.1, 0.15) is 36.2 Å². The maximum absolute atomic E-state index is 12.0. The molecule has 4 heteroatoms.